The Labute approximate surface area is 207 Å². The molecule has 0 spiro atoms. The van der Waals surface area contributed by atoms with Crippen LogP contribution in [0.2, 0.25) is 5.02 Å². The summed E-state index contributed by atoms with van der Waals surface area (Å²) in [5.74, 6) is 0.558. The second-order valence-corrected chi connectivity index (χ2v) is 10.8. The van der Waals surface area contributed by atoms with E-state index in [1.54, 1.807) is 0 Å². The summed E-state index contributed by atoms with van der Waals surface area (Å²) in [6, 6.07) is 12.9. The van der Waals surface area contributed by atoms with Gasteiger partial charge < -0.3 is 0 Å². The predicted octanol–water partition coefficient (Wildman–Crippen LogP) is 8.60. The molecule has 0 aliphatic heterocycles. The highest BCUT2D eigenvalue weighted by molar-refractivity contribution is 6.30. The minimum absolute atomic E-state index is 0.164. The largest absolute Gasteiger partial charge is 0.291 e. The first-order chi connectivity index (χ1) is 15.5. The van der Waals surface area contributed by atoms with Crippen LogP contribution in [0, 0.1) is 5.92 Å². The van der Waals surface area contributed by atoms with Crippen molar-refractivity contribution in [1.29, 1.82) is 0 Å². The van der Waals surface area contributed by atoms with Gasteiger partial charge in [-0.25, -0.2) is 0 Å². The molecule has 2 aromatic rings. The number of allylic oxidation sites excluding steroid dienone is 3. The Hall–Kier alpha value is -1.90. The Morgan fingerprint density at radius 1 is 1.06 bits per heavy atom. The number of nitrogens with zero attached hydrogens (tertiary/aromatic N) is 2. The molecule has 0 saturated heterocycles. The molecule has 1 unspecified atom stereocenters. The normalized spacial score (nSPS) is 14.6. The summed E-state index contributed by atoms with van der Waals surface area (Å²) in [7, 11) is 0. The third kappa shape index (κ3) is 7.29. The fraction of sp³-hybridized carbons (Fsp3) is 0.500. The van der Waals surface area contributed by atoms with Crippen LogP contribution in [-0.2, 0) is 12.0 Å². The van der Waals surface area contributed by atoms with Gasteiger partial charge in [0.25, 0.3) is 0 Å². The minimum atomic E-state index is -0.164. The van der Waals surface area contributed by atoms with E-state index in [0.717, 1.165) is 30.2 Å². The van der Waals surface area contributed by atoms with Crippen molar-refractivity contribution in [3.8, 4) is 0 Å². The molecule has 0 radical (unpaired) electrons. The zero-order chi connectivity index (χ0) is 24.8. The van der Waals surface area contributed by atoms with Gasteiger partial charge in [-0.05, 0) is 69.4 Å². The molecule has 1 atom stereocenters. The maximum absolute atomic E-state index is 6.16. The van der Waals surface area contributed by atoms with E-state index in [9.17, 15) is 0 Å². The first-order valence-electron chi connectivity index (χ1n) is 12.2. The summed E-state index contributed by atoms with van der Waals surface area (Å²) in [5, 5.41) is 0.767. The summed E-state index contributed by atoms with van der Waals surface area (Å²) >= 11 is 6.16. The average molecular weight is 467 g/mol. The molecule has 2 rings (SSSR count). The van der Waals surface area contributed by atoms with Crippen LogP contribution in [0.15, 0.2) is 65.4 Å². The van der Waals surface area contributed by atoms with Gasteiger partial charge >= 0.3 is 0 Å². The number of benzene rings is 1. The lowest BCUT2D eigenvalue weighted by molar-refractivity contribution is 0.171. The SMILES string of the molecule is CC/C(C)=C\C(C)=C(/C)CN(Cc1ncccc1C(C)(C)c1ccc(Cl)cc1)C(C)C(C)C. The zero-order valence-corrected chi connectivity index (χ0v) is 22.9. The maximum Gasteiger partial charge on any atom is 0.0584 e. The molecule has 0 saturated carbocycles. The summed E-state index contributed by atoms with van der Waals surface area (Å²) < 4.78 is 0. The van der Waals surface area contributed by atoms with Crippen molar-refractivity contribution in [2.75, 3.05) is 6.54 Å². The van der Waals surface area contributed by atoms with E-state index in [-0.39, 0.29) is 5.41 Å². The third-order valence-electron chi connectivity index (χ3n) is 7.16. The smallest absolute Gasteiger partial charge is 0.0584 e. The van der Waals surface area contributed by atoms with Crippen molar-refractivity contribution in [3.63, 3.8) is 0 Å². The molecular formula is C30H43ClN2. The van der Waals surface area contributed by atoms with Crippen molar-refractivity contribution in [1.82, 2.24) is 9.88 Å². The van der Waals surface area contributed by atoms with Crippen molar-refractivity contribution in [3.05, 3.63) is 87.2 Å². The van der Waals surface area contributed by atoms with E-state index >= 15 is 0 Å². The van der Waals surface area contributed by atoms with E-state index in [4.69, 9.17) is 16.6 Å². The van der Waals surface area contributed by atoms with Crippen LogP contribution >= 0.6 is 11.6 Å². The molecule has 3 heteroatoms. The van der Waals surface area contributed by atoms with Gasteiger partial charge in [0.15, 0.2) is 0 Å². The lowest BCUT2D eigenvalue weighted by atomic mass is 9.77. The van der Waals surface area contributed by atoms with Crippen LogP contribution in [0.1, 0.15) is 85.6 Å². The Balaban J connectivity index is 2.44. The highest BCUT2D eigenvalue weighted by Crippen LogP contribution is 2.34. The van der Waals surface area contributed by atoms with Crippen LogP contribution in [0.3, 0.4) is 0 Å². The fourth-order valence-corrected chi connectivity index (χ4v) is 4.26. The van der Waals surface area contributed by atoms with Crippen LogP contribution in [0.25, 0.3) is 0 Å². The van der Waals surface area contributed by atoms with Gasteiger partial charge in [0.2, 0.25) is 0 Å². The number of halogens is 1. The molecule has 1 aromatic heterocycles. The van der Waals surface area contributed by atoms with Gasteiger partial charge in [0.1, 0.15) is 0 Å². The van der Waals surface area contributed by atoms with E-state index in [1.165, 1.54) is 27.8 Å². The molecular weight excluding hydrogens is 424 g/mol. The molecule has 1 aromatic carbocycles. The van der Waals surface area contributed by atoms with Crippen LogP contribution in [-0.4, -0.2) is 22.5 Å². The first-order valence-corrected chi connectivity index (χ1v) is 12.6. The van der Waals surface area contributed by atoms with Crippen LogP contribution < -0.4 is 0 Å². The Kier molecular flexibility index (Phi) is 9.94. The lowest BCUT2D eigenvalue weighted by Crippen LogP contribution is -2.38. The highest BCUT2D eigenvalue weighted by Gasteiger charge is 2.28. The molecule has 0 amide bonds. The highest BCUT2D eigenvalue weighted by atomic mass is 35.5. The monoisotopic (exact) mass is 466 g/mol. The minimum Gasteiger partial charge on any atom is -0.291 e. The fourth-order valence-electron chi connectivity index (χ4n) is 4.14. The summed E-state index contributed by atoms with van der Waals surface area (Å²) in [4.78, 5) is 7.47. The molecule has 0 aliphatic rings. The lowest BCUT2D eigenvalue weighted by Gasteiger charge is -2.34. The average Bonchev–Trinajstić information content (AvgIpc) is 2.78. The number of hydrogen-bond acceptors (Lipinski definition) is 2. The van der Waals surface area contributed by atoms with E-state index in [2.05, 4.69) is 97.6 Å². The Morgan fingerprint density at radius 3 is 2.27 bits per heavy atom. The number of rotatable bonds is 10. The molecule has 0 aliphatic carbocycles. The standard InChI is InChI=1S/C30H43ClN2/c1-10-22(4)18-23(5)24(6)19-33(25(7)21(2)3)20-29-28(12-11-17-32-29)30(8,9)26-13-15-27(31)16-14-26/h11-18,21,25H,10,19-20H2,1-9H3/b22-18-,24-23+. The Morgan fingerprint density at radius 2 is 1.70 bits per heavy atom. The molecule has 0 bridgehead atoms. The number of hydrogen-bond donors (Lipinski definition) is 0. The van der Waals surface area contributed by atoms with Gasteiger partial charge in [0, 0.05) is 35.8 Å². The van der Waals surface area contributed by atoms with Gasteiger partial charge in [-0.15, -0.1) is 0 Å². The second-order valence-electron chi connectivity index (χ2n) is 10.3. The predicted molar refractivity (Wildman–Crippen MR) is 145 cm³/mol. The van der Waals surface area contributed by atoms with Gasteiger partial charge in [-0.1, -0.05) is 87.2 Å². The molecule has 0 fully saturated rings. The summed E-state index contributed by atoms with van der Waals surface area (Å²) in [6.45, 7) is 22.2. The summed E-state index contributed by atoms with van der Waals surface area (Å²) in [6.07, 6.45) is 5.35. The molecule has 0 N–H and O–H groups in total. The van der Waals surface area contributed by atoms with Crippen molar-refractivity contribution < 1.29 is 0 Å². The zero-order valence-electron chi connectivity index (χ0n) is 22.2. The number of aromatic nitrogens is 1. The third-order valence-corrected chi connectivity index (χ3v) is 7.41. The van der Waals surface area contributed by atoms with E-state index in [0.29, 0.717) is 12.0 Å². The van der Waals surface area contributed by atoms with Gasteiger partial charge in [-0.3, -0.25) is 9.88 Å². The second kappa shape index (κ2) is 12.0. The maximum atomic E-state index is 6.16. The molecule has 180 valence electrons. The Bertz CT molecular complexity index is 967. The molecule has 33 heavy (non-hydrogen) atoms. The van der Waals surface area contributed by atoms with Crippen molar-refractivity contribution in [2.24, 2.45) is 5.92 Å². The summed E-state index contributed by atoms with van der Waals surface area (Å²) in [5.41, 5.74) is 7.72. The van der Waals surface area contributed by atoms with Crippen molar-refractivity contribution >= 4 is 11.6 Å². The topological polar surface area (TPSA) is 16.1 Å². The van der Waals surface area contributed by atoms with Gasteiger partial charge in [-0.2, -0.15) is 0 Å². The first kappa shape index (κ1) is 27.3. The molecule has 2 nitrogen and oxygen atoms in total. The van der Waals surface area contributed by atoms with Crippen LogP contribution in [0.5, 0.6) is 0 Å². The molecule has 1 heterocycles. The van der Waals surface area contributed by atoms with E-state index in [1.807, 2.05) is 18.3 Å². The van der Waals surface area contributed by atoms with E-state index < -0.39 is 0 Å². The number of pyridine rings is 1. The van der Waals surface area contributed by atoms with Crippen molar-refractivity contribution in [2.45, 2.75) is 86.7 Å². The quantitative estimate of drug-likeness (QED) is 0.326. The van der Waals surface area contributed by atoms with Crippen LogP contribution in [0.4, 0.5) is 0 Å². The van der Waals surface area contributed by atoms with Gasteiger partial charge in [0.05, 0.1) is 5.69 Å².